The summed E-state index contributed by atoms with van der Waals surface area (Å²) in [6, 6.07) is 0. The molecule has 0 aromatic rings. The Hall–Kier alpha value is -0.560. The van der Waals surface area contributed by atoms with Gasteiger partial charge in [-0.25, -0.2) is 0 Å². The van der Waals surface area contributed by atoms with Crippen molar-refractivity contribution in [3.63, 3.8) is 0 Å². The number of rotatable bonds is 2. The van der Waals surface area contributed by atoms with Crippen LogP contribution >= 0.6 is 0 Å². The van der Waals surface area contributed by atoms with Crippen LogP contribution in [0.5, 0.6) is 0 Å². The molecule has 9 heavy (non-hydrogen) atoms. The highest BCUT2D eigenvalue weighted by molar-refractivity contribution is 5.19. The molecule has 0 atom stereocenters. The Morgan fingerprint density at radius 2 is 1.89 bits per heavy atom. The summed E-state index contributed by atoms with van der Waals surface area (Å²) in [5.74, 6) is 0. The van der Waals surface area contributed by atoms with Gasteiger partial charge in [0.25, 0.3) is 0 Å². The molecule has 0 aliphatic carbocycles. The first-order chi connectivity index (χ1) is 3.72. The van der Waals surface area contributed by atoms with Crippen LogP contribution in [0.3, 0.4) is 0 Å². The van der Waals surface area contributed by atoms with Crippen molar-refractivity contribution >= 4 is 0 Å². The molecule has 0 aromatic carbocycles. The summed E-state index contributed by atoms with van der Waals surface area (Å²) in [4.78, 5) is 0. The molecule has 0 amide bonds. The van der Waals surface area contributed by atoms with Crippen molar-refractivity contribution in [1.82, 2.24) is 6.15 Å². The fourth-order valence-electron chi connectivity index (χ4n) is 0.453. The normalized spacial score (nSPS) is 11.4. The van der Waals surface area contributed by atoms with Crippen LogP contribution in [-0.4, -0.2) is 0 Å². The molecule has 54 valence electrons. The Bertz CT molecular complexity index is 112. The van der Waals surface area contributed by atoms with Crippen molar-refractivity contribution in [2.45, 2.75) is 27.2 Å². The lowest BCUT2D eigenvalue weighted by Crippen LogP contribution is -1.75. The molecule has 0 aromatic heterocycles. The van der Waals surface area contributed by atoms with Crippen molar-refractivity contribution in [3.05, 3.63) is 23.8 Å². The second-order valence-electron chi connectivity index (χ2n) is 2.02. The van der Waals surface area contributed by atoms with Crippen LogP contribution in [-0.2, 0) is 0 Å². The van der Waals surface area contributed by atoms with Gasteiger partial charge < -0.3 is 6.15 Å². The fourth-order valence-corrected chi connectivity index (χ4v) is 0.453. The molecule has 0 aliphatic heterocycles. The molecule has 3 N–H and O–H groups in total. The standard InChI is InChI=1S/C8H14.H3N/c1-5-7(3)8(4)6-2;/h5H,1,6H2,2-4H3;1H3. The first kappa shape index (κ1) is 11.3. The van der Waals surface area contributed by atoms with Crippen molar-refractivity contribution in [1.29, 1.82) is 0 Å². The number of hydrogen-bond acceptors (Lipinski definition) is 1. The molecule has 0 radical (unpaired) electrons. The zero-order chi connectivity index (χ0) is 6.57. The lowest BCUT2D eigenvalue weighted by atomic mass is 10.1. The maximum atomic E-state index is 3.67. The van der Waals surface area contributed by atoms with Crippen LogP contribution in [0.2, 0.25) is 0 Å². The Labute approximate surface area is 58.1 Å². The molecule has 0 bridgehead atoms. The quantitative estimate of drug-likeness (QED) is 0.568. The minimum absolute atomic E-state index is 0. The summed E-state index contributed by atoms with van der Waals surface area (Å²) in [5.41, 5.74) is 2.74. The zero-order valence-corrected chi connectivity index (χ0v) is 6.70. The maximum Gasteiger partial charge on any atom is -0.0346 e. The van der Waals surface area contributed by atoms with Crippen LogP contribution in [0.25, 0.3) is 0 Å². The van der Waals surface area contributed by atoms with Gasteiger partial charge in [-0.3, -0.25) is 0 Å². The third kappa shape index (κ3) is 3.98. The molecule has 0 aliphatic rings. The highest BCUT2D eigenvalue weighted by atomic mass is 14.0. The summed E-state index contributed by atoms with van der Waals surface area (Å²) in [7, 11) is 0. The molecule has 0 rings (SSSR count). The minimum Gasteiger partial charge on any atom is -0.344 e. The van der Waals surface area contributed by atoms with Gasteiger partial charge in [0.05, 0.1) is 0 Å². The summed E-state index contributed by atoms with van der Waals surface area (Å²) in [6.45, 7) is 10.1. The monoisotopic (exact) mass is 127 g/mol. The molecule has 0 saturated heterocycles. The minimum atomic E-state index is 0. The van der Waals surface area contributed by atoms with Crippen molar-refractivity contribution < 1.29 is 0 Å². The van der Waals surface area contributed by atoms with E-state index < -0.39 is 0 Å². The summed E-state index contributed by atoms with van der Waals surface area (Å²) in [5, 5.41) is 0. The van der Waals surface area contributed by atoms with Gasteiger partial charge in [-0.15, -0.1) is 0 Å². The topological polar surface area (TPSA) is 35.0 Å². The van der Waals surface area contributed by atoms with E-state index in [4.69, 9.17) is 0 Å². The van der Waals surface area contributed by atoms with Crippen LogP contribution in [0.15, 0.2) is 23.8 Å². The van der Waals surface area contributed by atoms with Gasteiger partial charge in [-0.1, -0.05) is 30.7 Å². The first-order valence-electron chi connectivity index (χ1n) is 3.01. The molecule has 0 fully saturated rings. The van der Waals surface area contributed by atoms with E-state index in [2.05, 4.69) is 27.4 Å². The van der Waals surface area contributed by atoms with E-state index in [-0.39, 0.29) is 6.15 Å². The van der Waals surface area contributed by atoms with Gasteiger partial charge in [-0.05, 0) is 20.3 Å². The molecule has 0 heterocycles. The van der Waals surface area contributed by atoms with Gasteiger partial charge in [0.2, 0.25) is 0 Å². The number of hydrogen-bond donors (Lipinski definition) is 1. The molecule has 1 heteroatoms. The largest absolute Gasteiger partial charge is 0.344 e. The third-order valence-corrected chi connectivity index (χ3v) is 1.51. The molecule has 0 spiro atoms. The zero-order valence-electron chi connectivity index (χ0n) is 6.70. The molecular weight excluding hydrogens is 110 g/mol. The molecular formula is C8H17N. The molecule has 0 unspecified atom stereocenters. The van der Waals surface area contributed by atoms with E-state index in [0.29, 0.717) is 0 Å². The van der Waals surface area contributed by atoms with Crippen molar-refractivity contribution in [3.8, 4) is 0 Å². The van der Waals surface area contributed by atoms with E-state index >= 15 is 0 Å². The van der Waals surface area contributed by atoms with E-state index in [1.165, 1.54) is 11.1 Å². The van der Waals surface area contributed by atoms with E-state index in [1.807, 2.05) is 6.08 Å². The average Bonchev–Trinajstić information content (AvgIpc) is 1.84. The van der Waals surface area contributed by atoms with E-state index in [1.54, 1.807) is 0 Å². The summed E-state index contributed by atoms with van der Waals surface area (Å²) >= 11 is 0. The molecule has 0 saturated carbocycles. The number of allylic oxidation sites excluding steroid dienone is 3. The highest BCUT2D eigenvalue weighted by Gasteiger charge is 1.85. The lowest BCUT2D eigenvalue weighted by Gasteiger charge is -1.96. The summed E-state index contributed by atoms with van der Waals surface area (Å²) in [6.07, 6.45) is 3.04. The summed E-state index contributed by atoms with van der Waals surface area (Å²) < 4.78 is 0. The Morgan fingerprint density at radius 1 is 1.44 bits per heavy atom. The van der Waals surface area contributed by atoms with Gasteiger partial charge in [0.15, 0.2) is 0 Å². The van der Waals surface area contributed by atoms with Crippen molar-refractivity contribution in [2.75, 3.05) is 0 Å². The van der Waals surface area contributed by atoms with Crippen LogP contribution < -0.4 is 6.15 Å². The third-order valence-electron chi connectivity index (χ3n) is 1.51. The highest BCUT2D eigenvalue weighted by Crippen LogP contribution is 2.06. The second-order valence-corrected chi connectivity index (χ2v) is 2.02. The van der Waals surface area contributed by atoms with E-state index in [0.717, 1.165) is 6.42 Å². The van der Waals surface area contributed by atoms with Crippen LogP contribution in [0, 0.1) is 0 Å². The fraction of sp³-hybridized carbons (Fsp3) is 0.500. The van der Waals surface area contributed by atoms with Gasteiger partial charge >= 0.3 is 0 Å². The molecule has 1 nitrogen and oxygen atoms in total. The Kier molecular flexibility index (Phi) is 6.98. The Balaban J connectivity index is 0. The SMILES string of the molecule is C=CC(C)=C(C)CC.N. The van der Waals surface area contributed by atoms with Gasteiger partial charge in [-0.2, -0.15) is 0 Å². The second kappa shape index (κ2) is 5.57. The maximum absolute atomic E-state index is 3.67. The smallest absolute Gasteiger partial charge is 0.0346 e. The van der Waals surface area contributed by atoms with Crippen molar-refractivity contribution in [2.24, 2.45) is 0 Å². The first-order valence-corrected chi connectivity index (χ1v) is 3.01. The van der Waals surface area contributed by atoms with Gasteiger partial charge in [0, 0.05) is 0 Å². The van der Waals surface area contributed by atoms with E-state index in [9.17, 15) is 0 Å². The average molecular weight is 127 g/mol. The van der Waals surface area contributed by atoms with Gasteiger partial charge in [0.1, 0.15) is 0 Å². The van der Waals surface area contributed by atoms with Crippen LogP contribution in [0.4, 0.5) is 0 Å². The lowest BCUT2D eigenvalue weighted by molar-refractivity contribution is 1.07. The van der Waals surface area contributed by atoms with Crippen LogP contribution in [0.1, 0.15) is 27.2 Å². The predicted octanol–water partition coefficient (Wildman–Crippen LogP) is 3.08. The predicted molar refractivity (Wildman–Crippen MR) is 43.9 cm³/mol. The Morgan fingerprint density at radius 3 is 2.00 bits per heavy atom.